The Kier molecular flexibility index (Phi) is 6.18. The SMILES string of the molecule is Cc1cc(C)c2c(CC(=O)N/N=C3\CCCc4oc(C(=O)Nc5ncccc5C)c(C)c43)coc2c1. The molecule has 0 bridgehead atoms. The van der Waals surface area contributed by atoms with Crippen molar-refractivity contribution in [3.8, 4) is 0 Å². The number of furan rings is 2. The number of hydrogen-bond acceptors (Lipinski definition) is 6. The summed E-state index contributed by atoms with van der Waals surface area (Å²) in [5, 5.41) is 8.23. The number of aryl methyl sites for hydroxylation is 4. The Hall–Kier alpha value is -4.20. The number of aromatic nitrogens is 1. The molecular formula is C28H28N4O4. The predicted molar refractivity (Wildman–Crippen MR) is 137 cm³/mol. The average molecular weight is 485 g/mol. The Bertz CT molecular complexity index is 1530. The second-order valence-electron chi connectivity index (χ2n) is 9.32. The number of amides is 2. The van der Waals surface area contributed by atoms with Gasteiger partial charge in [-0.2, -0.15) is 5.10 Å². The summed E-state index contributed by atoms with van der Waals surface area (Å²) in [6.07, 6.45) is 5.63. The number of hydrogen-bond donors (Lipinski definition) is 2. The van der Waals surface area contributed by atoms with E-state index in [1.54, 1.807) is 12.5 Å². The zero-order valence-corrected chi connectivity index (χ0v) is 20.8. The van der Waals surface area contributed by atoms with E-state index in [1.807, 2.05) is 45.9 Å². The molecule has 0 saturated heterocycles. The molecule has 2 amide bonds. The first-order valence-corrected chi connectivity index (χ1v) is 12.0. The van der Waals surface area contributed by atoms with Crippen LogP contribution in [0.15, 0.2) is 50.7 Å². The van der Waals surface area contributed by atoms with Crippen LogP contribution in [0.25, 0.3) is 11.0 Å². The molecule has 0 saturated carbocycles. The van der Waals surface area contributed by atoms with Gasteiger partial charge in [0.05, 0.1) is 18.4 Å². The zero-order chi connectivity index (χ0) is 25.4. The van der Waals surface area contributed by atoms with Gasteiger partial charge in [-0.25, -0.2) is 10.4 Å². The van der Waals surface area contributed by atoms with Crippen LogP contribution in [-0.2, 0) is 17.6 Å². The lowest BCUT2D eigenvalue weighted by molar-refractivity contribution is -0.120. The number of fused-ring (bicyclic) bond motifs is 2. The largest absolute Gasteiger partial charge is 0.464 e. The van der Waals surface area contributed by atoms with Gasteiger partial charge >= 0.3 is 0 Å². The molecule has 5 rings (SSSR count). The van der Waals surface area contributed by atoms with Gasteiger partial charge in [0.2, 0.25) is 5.91 Å². The summed E-state index contributed by atoms with van der Waals surface area (Å²) >= 11 is 0. The number of carbonyl (C=O) groups is 2. The number of pyridine rings is 1. The standard InChI is InChI=1S/C28H28N4O4/c1-15-11-17(3)24-19(14-35-22(24)12-15)13-23(33)32-31-20-8-5-9-21-25(20)18(4)26(36-21)28(34)30-27-16(2)7-6-10-29-27/h6-7,10-12,14H,5,8-9,13H2,1-4H3,(H,32,33)(H,29,30,34)/b31-20+. The highest BCUT2D eigenvalue weighted by molar-refractivity contribution is 6.09. The van der Waals surface area contributed by atoms with Gasteiger partial charge in [0.15, 0.2) is 5.76 Å². The fraction of sp³-hybridized carbons (Fsp3) is 0.286. The minimum absolute atomic E-state index is 0.155. The van der Waals surface area contributed by atoms with Crippen LogP contribution >= 0.6 is 0 Å². The number of carbonyl (C=O) groups excluding carboxylic acids is 2. The van der Waals surface area contributed by atoms with Crippen molar-refractivity contribution in [2.45, 2.75) is 53.4 Å². The van der Waals surface area contributed by atoms with Crippen molar-refractivity contribution in [3.05, 3.63) is 81.6 Å². The molecule has 0 spiro atoms. The quantitative estimate of drug-likeness (QED) is 0.373. The summed E-state index contributed by atoms with van der Waals surface area (Å²) in [5.74, 6) is 0.851. The van der Waals surface area contributed by atoms with Crippen molar-refractivity contribution >= 4 is 34.3 Å². The van der Waals surface area contributed by atoms with Crippen molar-refractivity contribution in [2.24, 2.45) is 5.10 Å². The minimum atomic E-state index is -0.357. The first-order chi connectivity index (χ1) is 17.3. The maximum Gasteiger partial charge on any atom is 0.292 e. The maximum atomic E-state index is 12.9. The van der Waals surface area contributed by atoms with Gasteiger partial charge in [-0.1, -0.05) is 12.1 Å². The Morgan fingerprint density at radius 3 is 2.75 bits per heavy atom. The van der Waals surface area contributed by atoms with Gasteiger partial charge in [0.25, 0.3) is 5.91 Å². The molecule has 36 heavy (non-hydrogen) atoms. The molecule has 1 aliphatic rings. The van der Waals surface area contributed by atoms with E-state index >= 15 is 0 Å². The van der Waals surface area contributed by atoms with Crippen LogP contribution in [-0.4, -0.2) is 22.5 Å². The minimum Gasteiger partial charge on any atom is -0.464 e. The smallest absolute Gasteiger partial charge is 0.292 e. The fourth-order valence-electron chi connectivity index (χ4n) is 4.88. The van der Waals surface area contributed by atoms with Gasteiger partial charge in [-0.3, -0.25) is 9.59 Å². The molecule has 1 aliphatic carbocycles. The molecule has 4 aromatic rings. The second kappa shape index (κ2) is 9.45. The third-order valence-corrected chi connectivity index (χ3v) is 6.53. The maximum absolute atomic E-state index is 12.9. The number of rotatable bonds is 5. The van der Waals surface area contributed by atoms with Gasteiger partial charge < -0.3 is 14.2 Å². The lowest BCUT2D eigenvalue weighted by atomic mass is 9.93. The highest BCUT2D eigenvalue weighted by Gasteiger charge is 2.28. The first-order valence-electron chi connectivity index (χ1n) is 12.0. The molecule has 3 heterocycles. The lowest BCUT2D eigenvalue weighted by Gasteiger charge is -2.13. The van der Waals surface area contributed by atoms with Crippen LogP contribution < -0.4 is 10.7 Å². The van der Waals surface area contributed by atoms with Gasteiger partial charge in [-0.05, 0) is 69.4 Å². The number of anilines is 1. The molecular weight excluding hydrogens is 456 g/mol. The molecule has 8 heteroatoms. The van der Waals surface area contributed by atoms with E-state index in [1.165, 1.54) is 0 Å². The molecule has 184 valence electrons. The molecule has 0 atom stereocenters. The van der Waals surface area contributed by atoms with Crippen molar-refractivity contribution in [3.63, 3.8) is 0 Å². The summed E-state index contributed by atoms with van der Waals surface area (Å²) in [5.41, 5.74) is 9.56. The van der Waals surface area contributed by atoms with E-state index in [2.05, 4.69) is 26.9 Å². The number of nitrogens with one attached hydrogen (secondary N) is 2. The van der Waals surface area contributed by atoms with E-state index in [4.69, 9.17) is 8.83 Å². The first kappa shape index (κ1) is 23.5. The van der Waals surface area contributed by atoms with Crippen molar-refractivity contribution in [1.82, 2.24) is 10.4 Å². The Balaban J connectivity index is 1.34. The molecule has 0 radical (unpaired) electrons. The molecule has 3 aromatic heterocycles. The summed E-state index contributed by atoms with van der Waals surface area (Å²) in [4.78, 5) is 29.9. The Labute approximate surface area is 208 Å². The van der Waals surface area contributed by atoms with E-state index in [0.29, 0.717) is 35.7 Å². The third-order valence-electron chi connectivity index (χ3n) is 6.53. The molecule has 1 aromatic carbocycles. The predicted octanol–water partition coefficient (Wildman–Crippen LogP) is 5.31. The highest BCUT2D eigenvalue weighted by Crippen LogP contribution is 2.31. The summed E-state index contributed by atoms with van der Waals surface area (Å²) in [6, 6.07) is 7.74. The lowest BCUT2D eigenvalue weighted by Crippen LogP contribution is -2.23. The van der Waals surface area contributed by atoms with E-state index in [9.17, 15) is 9.59 Å². The normalized spacial score (nSPS) is 14.2. The van der Waals surface area contributed by atoms with Crippen molar-refractivity contribution in [2.75, 3.05) is 5.32 Å². The van der Waals surface area contributed by atoms with Crippen LogP contribution in [0.2, 0.25) is 0 Å². The summed E-state index contributed by atoms with van der Waals surface area (Å²) in [7, 11) is 0. The molecule has 2 N–H and O–H groups in total. The highest BCUT2D eigenvalue weighted by atomic mass is 16.4. The van der Waals surface area contributed by atoms with Gasteiger partial charge in [-0.15, -0.1) is 0 Å². The number of benzene rings is 1. The summed E-state index contributed by atoms with van der Waals surface area (Å²) < 4.78 is 11.6. The summed E-state index contributed by atoms with van der Waals surface area (Å²) in [6.45, 7) is 7.75. The van der Waals surface area contributed by atoms with Gasteiger partial charge in [0, 0.05) is 34.7 Å². The van der Waals surface area contributed by atoms with E-state index in [-0.39, 0.29) is 24.0 Å². The third kappa shape index (κ3) is 4.42. The molecule has 0 unspecified atom stereocenters. The van der Waals surface area contributed by atoms with Gasteiger partial charge in [0.1, 0.15) is 17.2 Å². The van der Waals surface area contributed by atoms with Crippen LogP contribution in [0.5, 0.6) is 0 Å². The number of nitrogens with zero attached hydrogens (tertiary/aromatic N) is 2. The monoisotopic (exact) mass is 484 g/mol. The topological polar surface area (TPSA) is 110 Å². The zero-order valence-electron chi connectivity index (χ0n) is 20.8. The van der Waals surface area contributed by atoms with Crippen LogP contribution in [0.4, 0.5) is 5.82 Å². The van der Waals surface area contributed by atoms with E-state index in [0.717, 1.165) is 45.2 Å². The molecule has 0 fully saturated rings. The van der Waals surface area contributed by atoms with E-state index < -0.39 is 0 Å². The molecule has 8 nitrogen and oxygen atoms in total. The Morgan fingerprint density at radius 1 is 1.11 bits per heavy atom. The molecule has 0 aliphatic heterocycles. The van der Waals surface area contributed by atoms with Crippen LogP contribution in [0, 0.1) is 27.7 Å². The average Bonchev–Trinajstić information content (AvgIpc) is 3.40. The van der Waals surface area contributed by atoms with Crippen molar-refractivity contribution < 1.29 is 18.4 Å². The fourth-order valence-corrected chi connectivity index (χ4v) is 4.88. The van der Waals surface area contributed by atoms with Crippen LogP contribution in [0.3, 0.4) is 0 Å². The Morgan fingerprint density at radius 2 is 1.94 bits per heavy atom. The van der Waals surface area contributed by atoms with Crippen molar-refractivity contribution in [1.29, 1.82) is 0 Å². The second-order valence-corrected chi connectivity index (χ2v) is 9.32. The van der Waals surface area contributed by atoms with Crippen LogP contribution in [0.1, 0.15) is 62.5 Å². The number of hydrazone groups is 1.